The maximum absolute atomic E-state index is 12.1. The van der Waals surface area contributed by atoms with Crippen molar-refractivity contribution >= 4 is 23.2 Å². The van der Waals surface area contributed by atoms with Crippen molar-refractivity contribution in [1.82, 2.24) is 0 Å². The van der Waals surface area contributed by atoms with E-state index in [1.165, 1.54) is 0 Å². The monoisotopic (exact) mass is 326 g/mol. The lowest BCUT2D eigenvalue weighted by Gasteiger charge is -2.13. The zero-order chi connectivity index (χ0) is 17.5. The predicted molar refractivity (Wildman–Crippen MR) is 95.4 cm³/mol. The van der Waals surface area contributed by atoms with Crippen LogP contribution in [0.15, 0.2) is 42.5 Å². The summed E-state index contributed by atoms with van der Waals surface area (Å²) in [5.74, 6) is -0.145. The van der Waals surface area contributed by atoms with E-state index in [0.29, 0.717) is 18.0 Å². The summed E-state index contributed by atoms with van der Waals surface area (Å²) < 4.78 is 5.45. The maximum Gasteiger partial charge on any atom is 0.233 e. The molecule has 0 radical (unpaired) electrons. The summed E-state index contributed by atoms with van der Waals surface area (Å²) >= 11 is 0. The second-order valence-corrected chi connectivity index (χ2v) is 5.47. The number of carbonyl (C=O) groups excluding carboxylic acids is 2. The van der Waals surface area contributed by atoms with Crippen molar-refractivity contribution in [3.8, 4) is 5.75 Å². The molecule has 0 bridgehead atoms. The zero-order valence-corrected chi connectivity index (χ0v) is 14.2. The molecule has 126 valence electrons. The summed E-state index contributed by atoms with van der Waals surface area (Å²) in [5, 5.41) is 5.52. The van der Waals surface area contributed by atoms with E-state index >= 15 is 0 Å². The van der Waals surface area contributed by atoms with Gasteiger partial charge in [0.15, 0.2) is 0 Å². The van der Waals surface area contributed by atoms with Crippen LogP contribution in [0.3, 0.4) is 0 Å². The lowest BCUT2D eigenvalue weighted by molar-refractivity contribution is -0.123. The van der Waals surface area contributed by atoms with Crippen LogP contribution in [0.25, 0.3) is 0 Å². The van der Waals surface area contributed by atoms with E-state index < -0.39 is 0 Å². The molecular formula is C19H22N2O3. The van der Waals surface area contributed by atoms with Crippen LogP contribution in [0, 0.1) is 13.8 Å². The zero-order valence-electron chi connectivity index (χ0n) is 14.2. The van der Waals surface area contributed by atoms with E-state index in [1.54, 1.807) is 18.2 Å². The van der Waals surface area contributed by atoms with Gasteiger partial charge < -0.3 is 15.4 Å². The minimum Gasteiger partial charge on any atom is -0.492 e. The third kappa shape index (κ3) is 4.59. The van der Waals surface area contributed by atoms with Crippen molar-refractivity contribution in [2.45, 2.75) is 27.2 Å². The van der Waals surface area contributed by atoms with Crippen molar-refractivity contribution in [3.63, 3.8) is 0 Å². The van der Waals surface area contributed by atoms with Crippen LogP contribution in [0.2, 0.25) is 0 Å². The van der Waals surface area contributed by atoms with Gasteiger partial charge in [-0.1, -0.05) is 30.3 Å². The Morgan fingerprint density at radius 1 is 0.917 bits per heavy atom. The normalized spacial score (nSPS) is 10.1. The van der Waals surface area contributed by atoms with E-state index in [4.69, 9.17) is 4.74 Å². The van der Waals surface area contributed by atoms with Crippen LogP contribution < -0.4 is 15.4 Å². The van der Waals surface area contributed by atoms with E-state index in [-0.39, 0.29) is 18.2 Å². The smallest absolute Gasteiger partial charge is 0.233 e. The molecule has 0 saturated heterocycles. The van der Waals surface area contributed by atoms with Crippen molar-refractivity contribution in [1.29, 1.82) is 0 Å². The number of para-hydroxylation sites is 3. The minimum absolute atomic E-state index is 0.256. The lowest BCUT2D eigenvalue weighted by atomic mass is 10.1. The van der Waals surface area contributed by atoms with Crippen molar-refractivity contribution < 1.29 is 14.3 Å². The number of hydrogen-bond donors (Lipinski definition) is 2. The largest absolute Gasteiger partial charge is 0.492 e. The average molecular weight is 326 g/mol. The highest BCUT2D eigenvalue weighted by atomic mass is 16.5. The second kappa shape index (κ2) is 8.15. The Bertz CT molecular complexity index is 721. The summed E-state index contributed by atoms with van der Waals surface area (Å²) in [7, 11) is 0. The fourth-order valence-electron chi connectivity index (χ4n) is 2.39. The molecule has 0 atom stereocenters. The van der Waals surface area contributed by atoms with Crippen LogP contribution >= 0.6 is 0 Å². The Kier molecular flexibility index (Phi) is 5.95. The molecule has 2 rings (SSSR count). The highest BCUT2D eigenvalue weighted by Crippen LogP contribution is 2.24. The van der Waals surface area contributed by atoms with Gasteiger partial charge in [0.1, 0.15) is 12.2 Å². The van der Waals surface area contributed by atoms with Crippen LogP contribution in [0.5, 0.6) is 5.75 Å². The van der Waals surface area contributed by atoms with Gasteiger partial charge in [0, 0.05) is 5.69 Å². The quantitative estimate of drug-likeness (QED) is 0.796. The van der Waals surface area contributed by atoms with Crippen LogP contribution in [0.1, 0.15) is 24.5 Å². The van der Waals surface area contributed by atoms with Gasteiger partial charge in [-0.2, -0.15) is 0 Å². The molecular weight excluding hydrogens is 304 g/mol. The first-order valence-electron chi connectivity index (χ1n) is 7.89. The first-order chi connectivity index (χ1) is 11.5. The third-order valence-corrected chi connectivity index (χ3v) is 3.53. The topological polar surface area (TPSA) is 67.4 Å². The van der Waals surface area contributed by atoms with E-state index in [2.05, 4.69) is 10.6 Å². The third-order valence-electron chi connectivity index (χ3n) is 3.53. The van der Waals surface area contributed by atoms with Gasteiger partial charge in [0.25, 0.3) is 0 Å². The van der Waals surface area contributed by atoms with Crippen molar-refractivity contribution in [3.05, 3.63) is 53.6 Å². The van der Waals surface area contributed by atoms with E-state index in [1.807, 2.05) is 45.0 Å². The number of benzene rings is 2. The summed E-state index contributed by atoms with van der Waals surface area (Å²) in [4.78, 5) is 24.2. The molecule has 0 spiro atoms. The Morgan fingerprint density at radius 2 is 1.54 bits per heavy atom. The number of hydrogen-bond acceptors (Lipinski definition) is 3. The Balaban J connectivity index is 1.99. The summed E-state index contributed by atoms with van der Waals surface area (Å²) in [5.41, 5.74) is 3.24. The number of amides is 2. The molecule has 2 aromatic carbocycles. The second-order valence-electron chi connectivity index (χ2n) is 5.47. The minimum atomic E-state index is -0.383. The molecule has 24 heavy (non-hydrogen) atoms. The number of nitrogens with one attached hydrogen (secondary N) is 2. The highest BCUT2D eigenvalue weighted by molar-refractivity contribution is 6.08. The van der Waals surface area contributed by atoms with Gasteiger partial charge in [-0.15, -0.1) is 0 Å². The van der Waals surface area contributed by atoms with Gasteiger partial charge in [0.05, 0.1) is 12.3 Å². The molecule has 0 aliphatic heterocycles. The Labute approximate surface area is 142 Å². The molecule has 0 saturated carbocycles. The first kappa shape index (κ1) is 17.5. The SMILES string of the molecule is CCOc1ccccc1NC(=O)CC(=O)Nc1c(C)cccc1C. The van der Waals surface area contributed by atoms with Gasteiger partial charge in [-0.3, -0.25) is 9.59 Å². The van der Waals surface area contributed by atoms with Crippen molar-refractivity contribution in [2.75, 3.05) is 17.2 Å². The van der Waals surface area contributed by atoms with Crippen LogP contribution in [0.4, 0.5) is 11.4 Å². The molecule has 0 aliphatic carbocycles. The fraction of sp³-hybridized carbons (Fsp3) is 0.263. The molecule has 0 heterocycles. The molecule has 2 amide bonds. The Morgan fingerprint density at radius 3 is 2.21 bits per heavy atom. The van der Waals surface area contributed by atoms with E-state index in [9.17, 15) is 9.59 Å². The number of anilines is 2. The summed E-state index contributed by atoms with van der Waals surface area (Å²) in [6.07, 6.45) is -0.256. The lowest BCUT2D eigenvalue weighted by Crippen LogP contribution is -2.22. The van der Waals surface area contributed by atoms with Crippen molar-refractivity contribution in [2.24, 2.45) is 0 Å². The molecule has 0 aromatic heterocycles. The first-order valence-corrected chi connectivity index (χ1v) is 7.89. The molecule has 0 unspecified atom stereocenters. The molecule has 0 aliphatic rings. The van der Waals surface area contributed by atoms with E-state index in [0.717, 1.165) is 16.8 Å². The van der Waals surface area contributed by atoms with Gasteiger partial charge in [-0.25, -0.2) is 0 Å². The summed E-state index contributed by atoms with van der Waals surface area (Å²) in [6.45, 7) is 6.21. The van der Waals surface area contributed by atoms with Crippen LogP contribution in [-0.2, 0) is 9.59 Å². The molecule has 2 aromatic rings. The number of aryl methyl sites for hydroxylation is 2. The summed E-state index contributed by atoms with van der Waals surface area (Å²) in [6, 6.07) is 12.9. The fourth-order valence-corrected chi connectivity index (χ4v) is 2.39. The average Bonchev–Trinajstić information content (AvgIpc) is 2.53. The number of ether oxygens (including phenoxy) is 1. The van der Waals surface area contributed by atoms with Crippen LogP contribution in [-0.4, -0.2) is 18.4 Å². The standard InChI is InChI=1S/C19H22N2O3/c1-4-24-16-11-6-5-10-15(16)20-17(22)12-18(23)21-19-13(2)8-7-9-14(19)3/h5-11H,4,12H2,1-3H3,(H,20,22)(H,21,23). The molecule has 2 N–H and O–H groups in total. The van der Waals surface area contributed by atoms with Gasteiger partial charge in [-0.05, 0) is 44.0 Å². The Hall–Kier alpha value is -2.82. The molecule has 0 fully saturated rings. The number of rotatable bonds is 6. The van der Waals surface area contributed by atoms with Gasteiger partial charge >= 0.3 is 0 Å². The number of carbonyl (C=O) groups is 2. The highest BCUT2D eigenvalue weighted by Gasteiger charge is 2.13. The molecule has 5 nitrogen and oxygen atoms in total. The predicted octanol–water partition coefficient (Wildman–Crippen LogP) is 3.67. The molecule has 5 heteroatoms. The maximum atomic E-state index is 12.1. The van der Waals surface area contributed by atoms with Gasteiger partial charge in [0.2, 0.25) is 11.8 Å².